The molecule has 2 aromatic carbocycles. The van der Waals surface area contributed by atoms with E-state index in [2.05, 4.69) is 21.2 Å². The van der Waals surface area contributed by atoms with Crippen molar-refractivity contribution in [1.29, 1.82) is 0 Å². The topological polar surface area (TPSA) is 58.6 Å². The van der Waals surface area contributed by atoms with Gasteiger partial charge < -0.3 is 15.0 Å². The molecule has 0 unspecified atom stereocenters. The largest absolute Gasteiger partial charge is 0.484 e. The fraction of sp³-hybridized carbons (Fsp3) is 0.462. The van der Waals surface area contributed by atoms with Crippen molar-refractivity contribution in [3.8, 4) is 5.75 Å². The maximum atomic E-state index is 13.2. The van der Waals surface area contributed by atoms with Gasteiger partial charge in [0.15, 0.2) is 6.61 Å². The molecular formula is C26H32BrClN2O3. The van der Waals surface area contributed by atoms with Gasteiger partial charge in [-0.1, -0.05) is 58.9 Å². The molecular weight excluding hydrogens is 504 g/mol. The van der Waals surface area contributed by atoms with E-state index in [0.29, 0.717) is 17.3 Å². The smallest absolute Gasteiger partial charge is 0.261 e. The molecule has 0 heterocycles. The van der Waals surface area contributed by atoms with Gasteiger partial charge >= 0.3 is 0 Å². The SMILES string of the molecule is Cc1cc(OCC(=O)N(Cc2ccc(Cl)cc2)[C@H](C)C(=O)NC2CCCCC2)cc(C)c1Br. The Morgan fingerprint density at radius 2 is 1.73 bits per heavy atom. The molecule has 1 aliphatic rings. The summed E-state index contributed by atoms with van der Waals surface area (Å²) < 4.78 is 6.86. The van der Waals surface area contributed by atoms with Gasteiger partial charge in [-0.3, -0.25) is 9.59 Å². The van der Waals surface area contributed by atoms with Crippen LogP contribution in [0.25, 0.3) is 0 Å². The Hall–Kier alpha value is -2.05. The Morgan fingerprint density at radius 1 is 1.12 bits per heavy atom. The predicted molar refractivity (Wildman–Crippen MR) is 136 cm³/mol. The molecule has 0 aromatic heterocycles. The Labute approximate surface area is 210 Å². The van der Waals surface area contributed by atoms with Crippen molar-refractivity contribution in [2.24, 2.45) is 0 Å². The number of aryl methyl sites for hydroxylation is 2. The first-order chi connectivity index (χ1) is 15.7. The van der Waals surface area contributed by atoms with E-state index < -0.39 is 6.04 Å². The molecule has 1 saturated carbocycles. The third kappa shape index (κ3) is 7.21. The molecule has 0 spiro atoms. The molecule has 1 N–H and O–H groups in total. The van der Waals surface area contributed by atoms with Crippen molar-refractivity contribution in [2.45, 2.75) is 71.5 Å². The summed E-state index contributed by atoms with van der Waals surface area (Å²) in [6.45, 7) is 5.90. The third-order valence-corrected chi connectivity index (χ3v) is 7.66. The summed E-state index contributed by atoms with van der Waals surface area (Å²) >= 11 is 9.57. The van der Waals surface area contributed by atoms with Gasteiger partial charge in [0, 0.05) is 22.1 Å². The van der Waals surface area contributed by atoms with Gasteiger partial charge in [0.1, 0.15) is 11.8 Å². The highest BCUT2D eigenvalue weighted by molar-refractivity contribution is 9.10. The second-order valence-electron chi connectivity index (χ2n) is 8.83. The number of rotatable bonds is 8. The number of benzene rings is 2. The molecule has 0 saturated heterocycles. The second kappa shape index (κ2) is 11.9. The molecule has 0 radical (unpaired) electrons. The average molecular weight is 536 g/mol. The molecule has 1 atom stereocenters. The van der Waals surface area contributed by atoms with Crippen molar-refractivity contribution in [3.63, 3.8) is 0 Å². The molecule has 0 aliphatic heterocycles. The maximum Gasteiger partial charge on any atom is 0.261 e. The molecule has 2 aromatic rings. The van der Waals surface area contributed by atoms with E-state index in [1.165, 1.54) is 6.42 Å². The summed E-state index contributed by atoms with van der Waals surface area (Å²) in [4.78, 5) is 27.9. The van der Waals surface area contributed by atoms with Gasteiger partial charge in [-0.15, -0.1) is 0 Å². The number of halogens is 2. The average Bonchev–Trinajstić information content (AvgIpc) is 2.80. The van der Waals surface area contributed by atoms with Crippen molar-refractivity contribution >= 4 is 39.3 Å². The van der Waals surface area contributed by atoms with E-state index in [4.69, 9.17) is 16.3 Å². The van der Waals surface area contributed by atoms with Crippen LogP contribution in [0.5, 0.6) is 5.75 Å². The maximum absolute atomic E-state index is 13.2. The minimum absolute atomic E-state index is 0.125. The van der Waals surface area contributed by atoms with Crippen LogP contribution in [0.1, 0.15) is 55.7 Å². The first-order valence-electron chi connectivity index (χ1n) is 11.5. The molecule has 2 amide bonds. The van der Waals surface area contributed by atoms with E-state index in [-0.39, 0.29) is 24.5 Å². The quantitative estimate of drug-likeness (QED) is 0.453. The van der Waals surface area contributed by atoms with Gasteiger partial charge in [0.2, 0.25) is 5.91 Å². The fourth-order valence-electron chi connectivity index (χ4n) is 4.16. The molecule has 3 rings (SSSR count). The van der Waals surface area contributed by atoms with E-state index in [1.54, 1.807) is 24.0 Å². The molecule has 1 aliphatic carbocycles. The zero-order valence-corrected chi connectivity index (χ0v) is 21.8. The van der Waals surface area contributed by atoms with Gasteiger partial charge in [-0.05, 0) is 74.6 Å². The zero-order chi connectivity index (χ0) is 24.0. The van der Waals surface area contributed by atoms with E-state index in [9.17, 15) is 9.59 Å². The van der Waals surface area contributed by atoms with Crippen LogP contribution in [0.4, 0.5) is 0 Å². The van der Waals surface area contributed by atoms with Crippen LogP contribution in [-0.2, 0) is 16.1 Å². The lowest BCUT2D eigenvalue weighted by molar-refractivity contribution is -0.142. The van der Waals surface area contributed by atoms with Gasteiger partial charge in [0.25, 0.3) is 5.91 Å². The summed E-state index contributed by atoms with van der Waals surface area (Å²) in [7, 11) is 0. The molecule has 1 fully saturated rings. The summed E-state index contributed by atoms with van der Waals surface area (Å²) in [5.74, 6) is 0.265. The number of carbonyl (C=O) groups excluding carboxylic acids is 2. The standard InChI is InChI=1S/C26H32BrClN2O3/c1-17-13-23(14-18(2)25(17)27)33-16-24(31)30(15-20-9-11-21(28)12-10-20)19(3)26(32)29-22-7-5-4-6-8-22/h9-14,19,22H,4-8,15-16H2,1-3H3,(H,29,32)/t19-/m1/s1. The molecule has 7 heteroatoms. The van der Waals surface area contributed by atoms with Crippen LogP contribution in [-0.4, -0.2) is 35.4 Å². The minimum Gasteiger partial charge on any atom is -0.484 e. The molecule has 0 bridgehead atoms. The van der Waals surface area contributed by atoms with Crippen LogP contribution in [0.3, 0.4) is 0 Å². The lowest BCUT2D eigenvalue weighted by Gasteiger charge is -2.31. The number of nitrogens with one attached hydrogen (secondary N) is 1. The molecule has 33 heavy (non-hydrogen) atoms. The normalized spacial score (nSPS) is 15.1. The van der Waals surface area contributed by atoms with Crippen LogP contribution < -0.4 is 10.1 Å². The first-order valence-corrected chi connectivity index (χ1v) is 12.7. The van der Waals surface area contributed by atoms with Crippen molar-refractivity contribution in [1.82, 2.24) is 10.2 Å². The van der Waals surface area contributed by atoms with Gasteiger partial charge in [0.05, 0.1) is 0 Å². The lowest BCUT2D eigenvalue weighted by Crippen LogP contribution is -2.51. The highest BCUT2D eigenvalue weighted by atomic mass is 79.9. The third-order valence-electron chi connectivity index (χ3n) is 6.16. The van der Waals surface area contributed by atoms with Gasteiger partial charge in [-0.2, -0.15) is 0 Å². The number of amides is 2. The first kappa shape index (κ1) is 25.6. The van der Waals surface area contributed by atoms with E-state index >= 15 is 0 Å². The summed E-state index contributed by atoms with van der Waals surface area (Å²) in [6.07, 6.45) is 5.47. The number of hydrogen-bond acceptors (Lipinski definition) is 3. The monoisotopic (exact) mass is 534 g/mol. The number of ether oxygens (including phenoxy) is 1. The van der Waals surface area contributed by atoms with Crippen molar-refractivity contribution in [2.75, 3.05) is 6.61 Å². The highest BCUT2D eigenvalue weighted by Crippen LogP contribution is 2.26. The molecule has 178 valence electrons. The Bertz CT molecular complexity index is 951. The van der Waals surface area contributed by atoms with Crippen molar-refractivity contribution < 1.29 is 14.3 Å². The number of carbonyl (C=O) groups is 2. The van der Waals surface area contributed by atoms with Crippen LogP contribution in [0.2, 0.25) is 5.02 Å². The number of nitrogens with zero attached hydrogens (tertiary/aromatic N) is 1. The number of hydrogen-bond donors (Lipinski definition) is 1. The summed E-state index contributed by atoms with van der Waals surface area (Å²) in [6, 6.07) is 10.7. The van der Waals surface area contributed by atoms with E-state index in [0.717, 1.165) is 46.8 Å². The van der Waals surface area contributed by atoms with Crippen molar-refractivity contribution in [3.05, 3.63) is 62.6 Å². The predicted octanol–water partition coefficient (Wildman–Crippen LogP) is 5.96. The summed E-state index contributed by atoms with van der Waals surface area (Å²) in [5.41, 5.74) is 2.98. The molecule has 5 nitrogen and oxygen atoms in total. The Morgan fingerprint density at radius 3 is 2.33 bits per heavy atom. The Kier molecular flexibility index (Phi) is 9.21. The van der Waals surface area contributed by atoms with E-state index in [1.807, 2.05) is 38.1 Å². The van der Waals surface area contributed by atoms with Gasteiger partial charge in [-0.25, -0.2) is 0 Å². The zero-order valence-electron chi connectivity index (χ0n) is 19.5. The fourth-order valence-corrected chi connectivity index (χ4v) is 4.51. The van der Waals surface area contributed by atoms with Crippen LogP contribution in [0, 0.1) is 13.8 Å². The Balaban J connectivity index is 1.72. The second-order valence-corrected chi connectivity index (χ2v) is 10.1. The highest BCUT2D eigenvalue weighted by Gasteiger charge is 2.28. The lowest BCUT2D eigenvalue weighted by atomic mass is 9.95. The van der Waals surface area contributed by atoms with Crippen LogP contribution >= 0.6 is 27.5 Å². The van der Waals surface area contributed by atoms with Crippen LogP contribution in [0.15, 0.2) is 40.9 Å². The minimum atomic E-state index is -0.618. The summed E-state index contributed by atoms with van der Waals surface area (Å²) in [5, 5.41) is 3.77.